The molecule has 0 fully saturated rings. The van der Waals surface area contributed by atoms with E-state index in [4.69, 9.17) is 0 Å². The van der Waals surface area contributed by atoms with E-state index in [0.29, 0.717) is 0 Å². The van der Waals surface area contributed by atoms with Gasteiger partial charge in [-0.05, 0) is 19.3 Å². The summed E-state index contributed by atoms with van der Waals surface area (Å²) in [5.41, 5.74) is 0. The van der Waals surface area contributed by atoms with Crippen LogP contribution in [0, 0.1) is 0 Å². The Morgan fingerprint density at radius 1 is 0.682 bits per heavy atom. The molecule has 0 spiro atoms. The maximum absolute atomic E-state index is 9.26. The van der Waals surface area contributed by atoms with Crippen molar-refractivity contribution < 1.29 is 29.7 Å². The van der Waals surface area contributed by atoms with Gasteiger partial charge in [-0.15, -0.1) is 0 Å². The predicted molar refractivity (Wildman–Crippen MR) is 80.6 cm³/mol. The summed E-state index contributed by atoms with van der Waals surface area (Å²) < 4.78 is 1.45. The Morgan fingerprint density at radius 3 is 1.09 bits per heavy atom. The average molecular weight is 423 g/mol. The Morgan fingerprint density at radius 2 is 0.955 bits per heavy atom. The molecule has 6 nitrogen and oxygen atoms in total. The monoisotopic (exact) mass is 424 g/mol. The third-order valence-electron chi connectivity index (χ3n) is 1.90. The van der Waals surface area contributed by atoms with Crippen LogP contribution in [0.25, 0.3) is 0 Å². The van der Waals surface area contributed by atoms with Gasteiger partial charge in [0, 0.05) is 17.9 Å². The number of unbranched alkanes of at least 4 members (excludes halogenated alkanes) is 3. The van der Waals surface area contributed by atoms with Gasteiger partial charge in [0.15, 0.2) is 0 Å². The van der Waals surface area contributed by atoms with Crippen LogP contribution in [0.4, 0.5) is 0 Å². The van der Waals surface area contributed by atoms with E-state index < -0.39 is 17.9 Å². The molecule has 128 valence electrons. The molecule has 7 heteroatoms. The molecular weight excluding hydrogens is 395 g/mol. The zero-order valence-corrected chi connectivity index (χ0v) is 17.0. The van der Waals surface area contributed by atoms with E-state index in [-0.39, 0.29) is 19.3 Å². The van der Waals surface area contributed by atoms with E-state index in [2.05, 4.69) is 6.92 Å². The number of carboxylic acids is 3. The van der Waals surface area contributed by atoms with Crippen molar-refractivity contribution in [1.29, 1.82) is 0 Å². The number of carbonyl (C=O) groups is 3. The molecule has 0 amide bonds. The molecule has 0 unspecified atom stereocenters. The van der Waals surface area contributed by atoms with Gasteiger partial charge in [-0.2, -0.15) is 0 Å². The van der Waals surface area contributed by atoms with Crippen LogP contribution in [0.2, 0.25) is 4.44 Å². The first-order chi connectivity index (χ1) is 10.2. The van der Waals surface area contributed by atoms with Crippen LogP contribution in [0.3, 0.4) is 0 Å². The van der Waals surface area contributed by atoms with Crippen molar-refractivity contribution in [3.05, 3.63) is 0 Å². The molecule has 0 aliphatic rings. The standard InChI is InChI=1S/C6H13.3C3H6O2.Sn/c1-3-5-6-4-2;3*1-2-3(4)5;/h1,3-6H2,2H3;3*2H2,1H3,(H,4,5);/q;;;;+3/p-3. The van der Waals surface area contributed by atoms with E-state index >= 15 is 0 Å². The van der Waals surface area contributed by atoms with Crippen LogP contribution in [-0.4, -0.2) is 40.4 Å². The number of hydrogen-bond acceptors (Lipinski definition) is 6. The quantitative estimate of drug-likeness (QED) is 0.406. The van der Waals surface area contributed by atoms with Gasteiger partial charge in [0.05, 0.1) is 0 Å². The fourth-order valence-corrected chi connectivity index (χ4v) is 1.27. The van der Waals surface area contributed by atoms with E-state index in [9.17, 15) is 29.7 Å². The summed E-state index contributed by atoms with van der Waals surface area (Å²) in [6.07, 6.45) is 6.07. The van der Waals surface area contributed by atoms with Gasteiger partial charge >= 0.3 is 59.6 Å². The minimum absolute atomic E-state index is 0.111. The van der Waals surface area contributed by atoms with Gasteiger partial charge in [-0.3, -0.25) is 0 Å². The Balaban J connectivity index is -0.0000000995. The van der Waals surface area contributed by atoms with E-state index in [0.717, 1.165) is 0 Å². The second kappa shape index (κ2) is 28.4. The van der Waals surface area contributed by atoms with Crippen molar-refractivity contribution in [2.24, 2.45) is 0 Å². The van der Waals surface area contributed by atoms with Crippen molar-refractivity contribution in [2.75, 3.05) is 0 Å². The molecule has 22 heavy (non-hydrogen) atoms. The first-order valence-electron chi connectivity index (χ1n) is 7.47. The van der Waals surface area contributed by atoms with Crippen LogP contribution in [0.15, 0.2) is 0 Å². The summed E-state index contributed by atoms with van der Waals surface area (Å²) in [4.78, 5) is 27.8. The third-order valence-corrected chi connectivity index (χ3v) is 2.91. The van der Waals surface area contributed by atoms with Crippen molar-refractivity contribution in [1.82, 2.24) is 0 Å². The maximum atomic E-state index is 9.26. The Labute approximate surface area is 147 Å². The molecule has 0 aromatic heterocycles. The van der Waals surface area contributed by atoms with Gasteiger partial charge in [-0.1, -0.05) is 20.8 Å². The van der Waals surface area contributed by atoms with E-state index in [1.807, 2.05) is 0 Å². The van der Waals surface area contributed by atoms with Gasteiger partial charge in [0.2, 0.25) is 0 Å². The predicted octanol–water partition coefficient (Wildman–Crippen LogP) is -0.408. The van der Waals surface area contributed by atoms with Crippen molar-refractivity contribution >= 4 is 40.4 Å². The number of aliphatic carboxylic acids is 3. The second-order valence-corrected chi connectivity index (χ2v) is 5.41. The van der Waals surface area contributed by atoms with Gasteiger partial charge < -0.3 is 29.7 Å². The summed E-state index contributed by atoms with van der Waals surface area (Å²) in [6.45, 7) is 6.86. The van der Waals surface area contributed by atoms with Crippen molar-refractivity contribution in [3.8, 4) is 0 Å². The SMILES string of the molecule is CCC(=O)[O-].CCC(=O)[O-].CCC(=O)[O-].CCCCC[CH2][Sn+3]. The van der Waals surface area contributed by atoms with Crippen molar-refractivity contribution in [2.45, 2.75) is 77.1 Å². The Bertz CT molecular complexity index is 219. The van der Waals surface area contributed by atoms with Crippen molar-refractivity contribution in [3.63, 3.8) is 0 Å². The van der Waals surface area contributed by atoms with Crippen LogP contribution < -0.4 is 15.3 Å². The summed E-state index contributed by atoms with van der Waals surface area (Å²) >= 11 is 1.70. The van der Waals surface area contributed by atoms with Gasteiger partial charge in [0.25, 0.3) is 0 Å². The normalized spacial score (nSPS) is 8.09. The van der Waals surface area contributed by atoms with Crippen LogP contribution >= 0.6 is 0 Å². The number of carboxylic acid groups (broad SMARTS) is 3. The fraction of sp³-hybridized carbons (Fsp3) is 0.800. The average Bonchev–Trinajstić information content (AvgIpc) is 2.49. The first kappa shape index (κ1) is 29.2. The molecule has 0 N–H and O–H groups in total. The zero-order chi connectivity index (χ0) is 18.4. The molecule has 0 heterocycles. The topological polar surface area (TPSA) is 120 Å². The molecule has 0 aromatic carbocycles. The van der Waals surface area contributed by atoms with Gasteiger partial charge in [-0.25, -0.2) is 0 Å². The molecule has 0 atom stereocenters. The zero-order valence-electron chi connectivity index (χ0n) is 14.1. The summed E-state index contributed by atoms with van der Waals surface area (Å²) in [5.74, 6) is -2.99. The molecular formula is C15H28O6Sn. The summed E-state index contributed by atoms with van der Waals surface area (Å²) in [6, 6.07) is 0. The molecule has 0 bridgehead atoms. The van der Waals surface area contributed by atoms with E-state index in [1.54, 1.807) is 22.5 Å². The van der Waals surface area contributed by atoms with Crippen LogP contribution in [-0.2, 0) is 14.4 Å². The minimum atomic E-state index is -0.995. The molecule has 0 radical (unpaired) electrons. The molecule has 0 aliphatic heterocycles. The van der Waals surface area contributed by atoms with E-state index in [1.165, 1.54) is 50.9 Å². The molecule has 0 aliphatic carbocycles. The summed E-state index contributed by atoms with van der Waals surface area (Å²) in [5, 5.41) is 27.8. The fourth-order valence-electron chi connectivity index (χ4n) is 0.552. The van der Waals surface area contributed by atoms with Gasteiger partial charge in [0.1, 0.15) is 0 Å². The Kier molecular flexibility index (Phi) is 37.7. The number of hydrogen-bond donors (Lipinski definition) is 0. The molecule has 0 aromatic rings. The second-order valence-electron chi connectivity index (χ2n) is 3.99. The first-order valence-corrected chi connectivity index (χ1v) is 9.49. The number of rotatable bonds is 7. The third kappa shape index (κ3) is 75.1. The number of carbonyl (C=O) groups excluding carboxylic acids is 3. The molecule has 0 saturated heterocycles. The van der Waals surface area contributed by atoms with Crippen LogP contribution in [0.1, 0.15) is 72.6 Å². The molecule has 0 saturated carbocycles. The summed E-state index contributed by atoms with van der Waals surface area (Å²) in [7, 11) is 0. The Hall–Kier alpha value is -0.791. The molecule has 0 rings (SSSR count). The van der Waals surface area contributed by atoms with Crippen LogP contribution in [0.5, 0.6) is 0 Å².